The first-order chi connectivity index (χ1) is 8.90. The molecule has 1 aromatic carbocycles. The summed E-state index contributed by atoms with van der Waals surface area (Å²) in [5.41, 5.74) is 6.91. The summed E-state index contributed by atoms with van der Waals surface area (Å²) in [5.74, 6) is 0. The molecule has 0 aromatic heterocycles. The lowest BCUT2D eigenvalue weighted by Crippen LogP contribution is -2.32. The van der Waals surface area contributed by atoms with Crippen LogP contribution in [0.5, 0.6) is 0 Å². The van der Waals surface area contributed by atoms with Crippen LogP contribution in [0.1, 0.15) is 13.3 Å². The largest absolute Gasteiger partial charge is 0.393 e. The van der Waals surface area contributed by atoms with E-state index in [1.165, 1.54) is 6.07 Å². The van der Waals surface area contributed by atoms with Crippen molar-refractivity contribution in [3.8, 4) is 0 Å². The maximum Gasteiger partial charge on any atom is 0.292 e. The second-order valence-corrected chi connectivity index (χ2v) is 5.35. The molecule has 2 rings (SSSR count). The van der Waals surface area contributed by atoms with E-state index < -0.39 is 4.92 Å². The van der Waals surface area contributed by atoms with E-state index in [-0.39, 0.29) is 11.4 Å². The Bertz CT molecular complexity index is 490. The molecule has 1 aliphatic rings. The summed E-state index contributed by atoms with van der Waals surface area (Å²) in [6.45, 7) is 3.09. The van der Waals surface area contributed by atoms with Gasteiger partial charge in [0.1, 0.15) is 5.69 Å². The molecule has 2 atom stereocenters. The van der Waals surface area contributed by atoms with Crippen molar-refractivity contribution in [2.24, 2.45) is 0 Å². The first-order valence-corrected chi connectivity index (χ1v) is 6.37. The lowest BCUT2D eigenvalue weighted by molar-refractivity contribution is -0.383. The van der Waals surface area contributed by atoms with Crippen LogP contribution in [0, 0.1) is 10.1 Å². The van der Waals surface area contributed by atoms with Gasteiger partial charge in [0.15, 0.2) is 0 Å². The summed E-state index contributed by atoms with van der Waals surface area (Å²) in [6, 6.07) is 5.88. The van der Waals surface area contributed by atoms with Crippen molar-refractivity contribution in [3.05, 3.63) is 28.3 Å². The quantitative estimate of drug-likeness (QED) is 0.511. The fraction of sp³-hybridized carbons (Fsp3) is 0.538. The van der Waals surface area contributed by atoms with Crippen LogP contribution >= 0.6 is 0 Å². The van der Waals surface area contributed by atoms with E-state index >= 15 is 0 Å². The third-order valence-corrected chi connectivity index (χ3v) is 3.82. The van der Waals surface area contributed by atoms with E-state index in [0.717, 1.165) is 18.7 Å². The summed E-state index contributed by atoms with van der Waals surface area (Å²) < 4.78 is 0. The fourth-order valence-corrected chi connectivity index (χ4v) is 2.62. The molecule has 104 valence electrons. The van der Waals surface area contributed by atoms with Gasteiger partial charge in [-0.15, -0.1) is 0 Å². The predicted molar refractivity (Wildman–Crippen MR) is 76.4 cm³/mol. The predicted octanol–water partition coefficient (Wildman–Crippen LogP) is 1.71. The molecular weight excluding hydrogens is 244 g/mol. The molecule has 0 amide bonds. The zero-order chi connectivity index (χ0) is 14.2. The average molecular weight is 264 g/mol. The van der Waals surface area contributed by atoms with E-state index in [9.17, 15) is 10.1 Å². The van der Waals surface area contributed by atoms with Gasteiger partial charge >= 0.3 is 0 Å². The van der Waals surface area contributed by atoms with E-state index in [0.29, 0.717) is 12.1 Å². The summed E-state index contributed by atoms with van der Waals surface area (Å²) in [7, 11) is 4.15. The molecule has 1 aliphatic heterocycles. The topological polar surface area (TPSA) is 75.6 Å². The second-order valence-electron chi connectivity index (χ2n) is 5.35. The van der Waals surface area contributed by atoms with Gasteiger partial charge < -0.3 is 15.5 Å². The minimum atomic E-state index is -0.449. The maximum absolute atomic E-state index is 10.8. The molecule has 2 N–H and O–H groups in total. The van der Waals surface area contributed by atoms with Crippen molar-refractivity contribution in [3.63, 3.8) is 0 Å². The Morgan fingerprint density at radius 3 is 2.63 bits per heavy atom. The molecule has 0 radical (unpaired) electrons. The Hall–Kier alpha value is -1.82. The zero-order valence-corrected chi connectivity index (χ0v) is 11.5. The van der Waals surface area contributed by atoms with Crippen LogP contribution in [0.3, 0.4) is 0 Å². The number of nitrogens with zero attached hydrogens (tertiary/aromatic N) is 3. The van der Waals surface area contributed by atoms with Crippen LogP contribution in [0.25, 0.3) is 0 Å². The maximum atomic E-state index is 10.8. The summed E-state index contributed by atoms with van der Waals surface area (Å²) in [6.07, 6.45) is 1.09. The summed E-state index contributed by atoms with van der Waals surface area (Å²) in [5, 5.41) is 10.8. The van der Waals surface area contributed by atoms with Crippen molar-refractivity contribution in [1.29, 1.82) is 0 Å². The Morgan fingerprint density at radius 2 is 2.16 bits per heavy atom. The Balaban J connectivity index is 2.23. The highest BCUT2D eigenvalue weighted by molar-refractivity contribution is 5.67. The van der Waals surface area contributed by atoms with Crippen LogP contribution in [-0.4, -0.2) is 42.5 Å². The molecule has 1 heterocycles. The number of anilines is 2. The van der Waals surface area contributed by atoms with Gasteiger partial charge in [-0.1, -0.05) is 0 Å². The molecule has 6 heteroatoms. The van der Waals surface area contributed by atoms with Gasteiger partial charge in [-0.2, -0.15) is 0 Å². The number of nitro groups is 1. The molecule has 0 saturated carbocycles. The van der Waals surface area contributed by atoms with E-state index in [2.05, 4.69) is 30.8 Å². The van der Waals surface area contributed by atoms with Crippen LogP contribution in [0.2, 0.25) is 0 Å². The smallest absolute Gasteiger partial charge is 0.292 e. The van der Waals surface area contributed by atoms with Crippen LogP contribution in [0.15, 0.2) is 18.2 Å². The normalized spacial score (nSPS) is 23.1. The van der Waals surface area contributed by atoms with Crippen molar-refractivity contribution in [2.75, 3.05) is 31.3 Å². The third-order valence-electron chi connectivity index (χ3n) is 3.82. The summed E-state index contributed by atoms with van der Waals surface area (Å²) in [4.78, 5) is 14.8. The zero-order valence-electron chi connectivity index (χ0n) is 11.5. The van der Waals surface area contributed by atoms with Gasteiger partial charge in [0.2, 0.25) is 0 Å². The Kier molecular flexibility index (Phi) is 3.61. The number of likely N-dealkylation sites (N-methyl/N-ethyl adjacent to an activating group) is 1. The number of nitrogens with two attached hydrogens (primary N) is 1. The number of rotatable bonds is 3. The lowest BCUT2D eigenvalue weighted by atomic mass is 10.2. The Morgan fingerprint density at radius 1 is 1.47 bits per heavy atom. The van der Waals surface area contributed by atoms with Crippen molar-refractivity contribution < 1.29 is 4.92 Å². The van der Waals surface area contributed by atoms with Crippen LogP contribution < -0.4 is 10.6 Å². The first kappa shape index (κ1) is 13.6. The number of nitrogen functional groups attached to an aromatic ring is 1. The molecule has 1 aromatic rings. The monoisotopic (exact) mass is 264 g/mol. The van der Waals surface area contributed by atoms with Gasteiger partial charge in [-0.05, 0) is 39.6 Å². The number of benzene rings is 1. The first-order valence-electron chi connectivity index (χ1n) is 6.37. The van der Waals surface area contributed by atoms with Crippen LogP contribution in [0.4, 0.5) is 17.1 Å². The van der Waals surface area contributed by atoms with Crippen molar-refractivity contribution in [1.82, 2.24) is 4.90 Å². The fourth-order valence-electron chi connectivity index (χ4n) is 2.62. The van der Waals surface area contributed by atoms with E-state index in [1.807, 2.05) is 0 Å². The molecule has 0 aliphatic carbocycles. The minimum Gasteiger partial charge on any atom is -0.393 e. The molecule has 0 bridgehead atoms. The molecule has 1 fully saturated rings. The van der Waals surface area contributed by atoms with Gasteiger partial charge in [-0.3, -0.25) is 10.1 Å². The number of hydrogen-bond acceptors (Lipinski definition) is 5. The van der Waals surface area contributed by atoms with Crippen molar-refractivity contribution >= 4 is 17.1 Å². The molecule has 1 saturated heterocycles. The Labute approximate surface area is 112 Å². The van der Waals surface area contributed by atoms with Gasteiger partial charge in [-0.25, -0.2) is 0 Å². The lowest BCUT2D eigenvalue weighted by Gasteiger charge is -2.24. The molecular formula is C13H20N4O2. The van der Waals surface area contributed by atoms with Gasteiger partial charge in [0.25, 0.3) is 5.69 Å². The highest BCUT2D eigenvalue weighted by Crippen LogP contribution is 2.32. The number of hydrogen-bond donors (Lipinski definition) is 1. The highest BCUT2D eigenvalue weighted by Gasteiger charge is 2.30. The molecule has 0 spiro atoms. The third kappa shape index (κ3) is 2.63. The SMILES string of the molecule is C[C@H]1C[C@H](N(C)C)CN1c1ccc([N+](=O)[O-])c(N)c1. The number of nitro benzene ring substituents is 1. The van der Waals surface area contributed by atoms with Crippen LogP contribution in [-0.2, 0) is 0 Å². The second kappa shape index (κ2) is 5.05. The van der Waals surface area contributed by atoms with Gasteiger partial charge in [0, 0.05) is 30.4 Å². The summed E-state index contributed by atoms with van der Waals surface area (Å²) >= 11 is 0. The molecule has 0 unspecified atom stereocenters. The molecule has 6 nitrogen and oxygen atoms in total. The van der Waals surface area contributed by atoms with E-state index in [4.69, 9.17) is 5.73 Å². The van der Waals surface area contributed by atoms with E-state index in [1.54, 1.807) is 12.1 Å². The highest BCUT2D eigenvalue weighted by atomic mass is 16.6. The minimum absolute atomic E-state index is 0.0280. The van der Waals surface area contributed by atoms with Crippen molar-refractivity contribution in [2.45, 2.75) is 25.4 Å². The average Bonchev–Trinajstić information content (AvgIpc) is 2.71. The van der Waals surface area contributed by atoms with Gasteiger partial charge in [0.05, 0.1) is 4.92 Å². The standard InChI is InChI=1S/C13H20N4O2/c1-9-6-11(15(2)3)8-16(9)10-4-5-13(17(18)19)12(14)7-10/h4-5,7,9,11H,6,8,14H2,1-3H3/t9-,11-/m0/s1. The molecule has 19 heavy (non-hydrogen) atoms.